The van der Waals surface area contributed by atoms with Crippen molar-refractivity contribution in [2.75, 3.05) is 18.9 Å². The SMILES string of the molecule is CCOC(=O)[C@H]1CCCCN1C(=O)CSc1nnnn1-c1ccc(C)c(C)c1. The predicted molar refractivity (Wildman–Crippen MR) is 105 cm³/mol. The van der Waals surface area contributed by atoms with Gasteiger partial charge >= 0.3 is 5.97 Å². The molecular formula is C19H25N5O3S. The first-order chi connectivity index (χ1) is 13.5. The first-order valence-electron chi connectivity index (χ1n) is 9.46. The highest BCUT2D eigenvalue weighted by molar-refractivity contribution is 7.99. The Morgan fingerprint density at radius 1 is 1.25 bits per heavy atom. The van der Waals surface area contributed by atoms with Gasteiger partial charge in [-0.2, -0.15) is 4.68 Å². The van der Waals surface area contributed by atoms with E-state index in [1.807, 2.05) is 32.0 Å². The normalized spacial score (nSPS) is 16.8. The topological polar surface area (TPSA) is 90.2 Å². The van der Waals surface area contributed by atoms with Crippen LogP contribution in [0.1, 0.15) is 37.3 Å². The number of hydrogen-bond donors (Lipinski definition) is 0. The van der Waals surface area contributed by atoms with E-state index in [2.05, 4.69) is 15.5 Å². The van der Waals surface area contributed by atoms with Crippen LogP contribution in [-0.4, -0.2) is 61.9 Å². The molecule has 2 aromatic rings. The van der Waals surface area contributed by atoms with Crippen molar-refractivity contribution in [2.24, 2.45) is 0 Å². The second kappa shape index (κ2) is 9.18. The molecule has 0 aliphatic carbocycles. The Morgan fingerprint density at radius 3 is 2.82 bits per heavy atom. The lowest BCUT2D eigenvalue weighted by molar-refractivity contribution is -0.155. The third-order valence-electron chi connectivity index (χ3n) is 4.88. The Labute approximate surface area is 168 Å². The summed E-state index contributed by atoms with van der Waals surface area (Å²) in [7, 11) is 0. The lowest BCUT2D eigenvalue weighted by Gasteiger charge is -2.33. The Kier molecular flexibility index (Phi) is 6.66. The van der Waals surface area contributed by atoms with E-state index < -0.39 is 6.04 Å². The van der Waals surface area contributed by atoms with E-state index >= 15 is 0 Å². The molecule has 28 heavy (non-hydrogen) atoms. The van der Waals surface area contributed by atoms with E-state index in [1.54, 1.807) is 16.5 Å². The lowest BCUT2D eigenvalue weighted by Crippen LogP contribution is -2.49. The molecule has 1 aliphatic rings. The van der Waals surface area contributed by atoms with Crippen LogP contribution >= 0.6 is 11.8 Å². The fourth-order valence-corrected chi connectivity index (χ4v) is 3.99. The number of tetrazole rings is 1. The van der Waals surface area contributed by atoms with Gasteiger partial charge in [-0.25, -0.2) is 4.79 Å². The fourth-order valence-electron chi connectivity index (χ4n) is 3.21. The van der Waals surface area contributed by atoms with Crippen LogP contribution in [0.2, 0.25) is 0 Å². The third kappa shape index (κ3) is 4.52. The molecule has 1 aromatic heterocycles. The van der Waals surface area contributed by atoms with Crippen molar-refractivity contribution in [1.82, 2.24) is 25.1 Å². The molecule has 1 aromatic carbocycles. The van der Waals surface area contributed by atoms with Crippen LogP contribution in [0.5, 0.6) is 0 Å². The molecule has 1 aliphatic heterocycles. The first kappa shape index (κ1) is 20.3. The molecule has 1 fully saturated rings. The largest absolute Gasteiger partial charge is 0.464 e. The first-order valence-corrected chi connectivity index (χ1v) is 10.4. The standard InChI is InChI=1S/C19H25N5O3S/c1-4-27-18(26)16-7-5-6-10-23(16)17(25)12-28-19-20-21-22-24(19)15-9-8-13(2)14(3)11-15/h8-9,11,16H,4-7,10,12H2,1-3H3/t16-/m1/s1. The van der Waals surface area contributed by atoms with Gasteiger partial charge in [-0.05, 0) is 73.7 Å². The molecule has 2 heterocycles. The van der Waals surface area contributed by atoms with Crippen molar-refractivity contribution in [1.29, 1.82) is 0 Å². The molecule has 9 heteroatoms. The van der Waals surface area contributed by atoms with E-state index in [9.17, 15) is 9.59 Å². The van der Waals surface area contributed by atoms with E-state index in [-0.39, 0.29) is 17.6 Å². The number of benzene rings is 1. The highest BCUT2D eigenvalue weighted by atomic mass is 32.2. The highest BCUT2D eigenvalue weighted by Gasteiger charge is 2.33. The summed E-state index contributed by atoms with van der Waals surface area (Å²) in [6, 6.07) is 5.49. The minimum absolute atomic E-state index is 0.0996. The Balaban J connectivity index is 1.68. The van der Waals surface area contributed by atoms with Gasteiger partial charge in [-0.1, -0.05) is 17.8 Å². The van der Waals surface area contributed by atoms with Crippen LogP contribution < -0.4 is 0 Å². The molecule has 1 atom stereocenters. The van der Waals surface area contributed by atoms with Crippen molar-refractivity contribution < 1.29 is 14.3 Å². The number of nitrogens with zero attached hydrogens (tertiary/aromatic N) is 5. The van der Waals surface area contributed by atoms with Crippen molar-refractivity contribution in [2.45, 2.75) is 51.2 Å². The van der Waals surface area contributed by atoms with E-state index in [0.717, 1.165) is 24.1 Å². The molecule has 0 N–H and O–H groups in total. The van der Waals surface area contributed by atoms with Gasteiger partial charge in [-0.3, -0.25) is 4.79 Å². The number of thioether (sulfide) groups is 1. The van der Waals surface area contributed by atoms with Gasteiger partial charge in [0.1, 0.15) is 6.04 Å². The number of carbonyl (C=O) groups is 2. The van der Waals surface area contributed by atoms with Crippen LogP contribution in [0.25, 0.3) is 5.69 Å². The number of aromatic nitrogens is 4. The average molecular weight is 404 g/mol. The summed E-state index contributed by atoms with van der Waals surface area (Å²) in [5.74, 6) is -0.251. The predicted octanol–water partition coefficient (Wildman–Crippen LogP) is 2.32. The molecular weight excluding hydrogens is 378 g/mol. The maximum absolute atomic E-state index is 12.8. The minimum Gasteiger partial charge on any atom is -0.464 e. The molecule has 8 nitrogen and oxygen atoms in total. The van der Waals surface area contributed by atoms with Crippen molar-refractivity contribution in [3.63, 3.8) is 0 Å². The summed E-state index contributed by atoms with van der Waals surface area (Å²) in [5, 5.41) is 12.4. The number of rotatable bonds is 6. The van der Waals surface area contributed by atoms with Gasteiger partial charge in [0.2, 0.25) is 11.1 Å². The average Bonchev–Trinajstić information content (AvgIpc) is 3.17. The summed E-state index contributed by atoms with van der Waals surface area (Å²) >= 11 is 1.27. The molecule has 0 bridgehead atoms. The Morgan fingerprint density at radius 2 is 2.07 bits per heavy atom. The monoisotopic (exact) mass is 403 g/mol. The van der Waals surface area contributed by atoms with Crippen LogP contribution in [0.4, 0.5) is 0 Å². The molecule has 150 valence electrons. The van der Waals surface area contributed by atoms with Crippen molar-refractivity contribution >= 4 is 23.6 Å². The summed E-state index contributed by atoms with van der Waals surface area (Å²) in [6.45, 7) is 6.74. The van der Waals surface area contributed by atoms with Gasteiger partial charge in [0, 0.05) is 6.54 Å². The molecule has 0 saturated carbocycles. The molecule has 1 saturated heterocycles. The molecule has 0 radical (unpaired) electrons. The zero-order valence-corrected chi connectivity index (χ0v) is 17.2. The maximum Gasteiger partial charge on any atom is 0.328 e. The number of aryl methyl sites for hydroxylation is 2. The second-order valence-corrected chi connectivity index (χ2v) is 7.72. The van der Waals surface area contributed by atoms with Crippen molar-refractivity contribution in [3.8, 4) is 5.69 Å². The Bertz CT molecular complexity index is 854. The molecule has 0 spiro atoms. The summed E-state index contributed by atoms with van der Waals surface area (Å²) in [6.07, 6.45) is 2.47. The zero-order valence-electron chi connectivity index (χ0n) is 16.4. The second-order valence-electron chi connectivity index (χ2n) is 6.78. The smallest absolute Gasteiger partial charge is 0.328 e. The Hall–Kier alpha value is -2.42. The number of carbonyl (C=O) groups excluding carboxylic acids is 2. The van der Waals surface area contributed by atoms with Crippen LogP contribution in [-0.2, 0) is 14.3 Å². The maximum atomic E-state index is 12.8. The number of hydrogen-bond acceptors (Lipinski definition) is 7. The highest BCUT2D eigenvalue weighted by Crippen LogP contribution is 2.23. The quantitative estimate of drug-likeness (QED) is 0.540. The number of ether oxygens (including phenoxy) is 1. The number of piperidine rings is 1. The lowest BCUT2D eigenvalue weighted by atomic mass is 10.0. The molecule has 0 unspecified atom stereocenters. The van der Waals surface area contributed by atoms with Gasteiger partial charge in [0.25, 0.3) is 0 Å². The van der Waals surface area contributed by atoms with Crippen LogP contribution in [0.3, 0.4) is 0 Å². The number of esters is 1. The number of likely N-dealkylation sites (tertiary alicyclic amines) is 1. The van der Waals surface area contributed by atoms with Crippen molar-refractivity contribution in [3.05, 3.63) is 29.3 Å². The van der Waals surface area contributed by atoms with Crippen LogP contribution in [0, 0.1) is 13.8 Å². The molecule has 1 amide bonds. The van der Waals surface area contributed by atoms with Crippen LogP contribution in [0.15, 0.2) is 23.4 Å². The van der Waals surface area contributed by atoms with E-state index in [0.29, 0.717) is 24.7 Å². The minimum atomic E-state index is -0.488. The summed E-state index contributed by atoms with van der Waals surface area (Å²) in [4.78, 5) is 26.6. The van der Waals surface area contributed by atoms with E-state index in [1.165, 1.54) is 17.3 Å². The van der Waals surface area contributed by atoms with Gasteiger partial charge in [-0.15, -0.1) is 5.10 Å². The zero-order chi connectivity index (χ0) is 20.1. The van der Waals surface area contributed by atoms with Gasteiger partial charge in [0.05, 0.1) is 18.0 Å². The number of amides is 1. The molecule has 3 rings (SSSR count). The fraction of sp³-hybridized carbons (Fsp3) is 0.526. The van der Waals surface area contributed by atoms with E-state index in [4.69, 9.17) is 4.74 Å². The van der Waals surface area contributed by atoms with Gasteiger partial charge < -0.3 is 9.64 Å². The summed E-state index contributed by atoms with van der Waals surface area (Å²) in [5.41, 5.74) is 3.19. The van der Waals surface area contributed by atoms with Gasteiger partial charge in [0.15, 0.2) is 0 Å². The third-order valence-corrected chi connectivity index (χ3v) is 5.79. The summed E-state index contributed by atoms with van der Waals surface area (Å²) < 4.78 is 6.76.